The number of halogens is 1. The molecule has 0 radical (unpaired) electrons. The van der Waals surface area contributed by atoms with Gasteiger partial charge in [-0.3, -0.25) is 5.32 Å². The smallest absolute Gasteiger partial charge is 0.412 e. The lowest BCUT2D eigenvalue weighted by Gasteiger charge is -2.23. The molecule has 192 valence electrons. The minimum atomic E-state index is -3.79. The van der Waals surface area contributed by atoms with Gasteiger partial charge in [0.05, 0.1) is 17.8 Å². The molecule has 0 aromatic heterocycles. The zero-order valence-corrected chi connectivity index (χ0v) is 22.4. The van der Waals surface area contributed by atoms with Gasteiger partial charge in [0.15, 0.2) is 9.84 Å². The Labute approximate surface area is 217 Å². The van der Waals surface area contributed by atoms with Crippen molar-refractivity contribution in [2.45, 2.75) is 31.8 Å². The summed E-state index contributed by atoms with van der Waals surface area (Å²) >= 11 is 5.91. The predicted molar refractivity (Wildman–Crippen MR) is 144 cm³/mol. The van der Waals surface area contributed by atoms with Gasteiger partial charge in [-0.15, -0.1) is 0 Å². The van der Waals surface area contributed by atoms with Gasteiger partial charge in [0, 0.05) is 29.5 Å². The second kappa shape index (κ2) is 12.1. The molecule has 36 heavy (non-hydrogen) atoms. The number of carbonyl (C=O) groups excluding carboxylic acids is 1. The van der Waals surface area contributed by atoms with Crippen LogP contribution < -0.4 is 15.0 Å². The van der Waals surface area contributed by atoms with E-state index in [9.17, 15) is 13.2 Å². The normalized spacial score (nSPS) is 12.0. The van der Waals surface area contributed by atoms with Gasteiger partial charge in [0.1, 0.15) is 11.9 Å². The van der Waals surface area contributed by atoms with Crippen LogP contribution in [-0.4, -0.2) is 40.5 Å². The third-order valence-corrected chi connectivity index (χ3v) is 7.84. The van der Waals surface area contributed by atoms with E-state index in [2.05, 4.69) is 24.1 Å². The van der Waals surface area contributed by atoms with E-state index in [4.69, 9.17) is 21.1 Å². The molecule has 0 heterocycles. The Morgan fingerprint density at radius 2 is 1.64 bits per heavy atom. The number of anilines is 2. The van der Waals surface area contributed by atoms with Crippen LogP contribution in [0.15, 0.2) is 71.6 Å². The largest absolute Gasteiger partial charge is 0.497 e. The molecule has 7 nitrogen and oxygen atoms in total. The number of methoxy groups -OCH3 is 1. The number of nitrogens with one attached hydrogen (secondary N) is 1. The highest BCUT2D eigenvalue weighted by molar-refractivity contribution is 7.91. The van der Waals surface area contributed by atoms with Gasteiger partial charge in [0.2, 0.25) is 0 Å². The first kappa shape index (κ1) is 27.4. The van der Waals surface area contributed by atoms with E-state index < -0.39 is 27.8 Å². The monoisotopic (exact) mass is 530 g/mol. The summed E-state index contributed by atoms with van der Waals surface area (Å²) in [6.07, 6.45) is -1.80. The van der Waals surface area contributed by atoms with E-state index in [0.717, 1.165) is 24.3 Å². The van der Waals surface area contributed by atoms with Gasteiger partial charge >= 0.3 is 6.09 Å². The highest BCUT2D eigenvalue weighted by Gasteiger charge is 2.26. The van der Waals surface area contributed by atoms with Crippen molar-refractivity contribution in [2.24, 2.45) is 0 Å². The number of rotatable bonds is 10. The third-order valence-electron chi connectivity index (χ3n) is 5.86. The minimum Gasteiger partial charge on any atom is -0.497 e. The second-order valence-corrected chi connectivity index (χ2v) is 10.7. The van der Waals surface area contributed by atoms with Gasteiger partial charge in [0.25, 0.3) is 0 Å². The van der Waals surface area contributed by atoms with Gasteiger partial charge in [-0.25, -0.2) is 13.2 Å². The van der Waals surface area contributed by atoms with Crippen molar-refractivity contribution in [3.8, 4) is 5.75 Å². The number of nitrogens with zero attached hydrogens (tertiary/aromatic N) is 1. The Hall–Kier alpha value is -3.23. The minimum absolute atomic E-state index is 0.0947. The summed E-state index contributed by atoms with van der Waals surface area (Å²) in [5.74, 6) is 0.167. The van der Waals surface area contributed by atoms with Crippen LogP contribution in [0.2, 0.25) is 5.02 Å². The van der Waals surface area contributed by atoms with Gasteiger partial charge in [-0.2, -0.15) is 0 Å². The summed E-state index contributed by atoms with van der Waals surface area (Å²) in [6.45, 7) is 7.81. The van der Waals surface area contributed by atoms with Gasteiger partial charge in [-0.1, -0.05) is 23.7 Å². The zero-order chi connectivity index (χ0) is 26.3. The first-order valence-electron chi connectivity index (χ1n) is 11.6. The molecule has 3 aromatic rings. The van der Waals surface area contributed by atoms with Crippen molar-refractivity contribution in [3.05, 3.63) is 82.9 Å². The topological polar surface area (TPSA) is 84.9 Å². The van der Waals surface area contributed by atoms with Crippen LogP contribution in [0.3, 0.4) is 0 Å². The number of amides is 1. The molecule has 1 amide bonds. The maximum Gasteiger partial charge on any atom is 0.412 e. The van der Waals surface area contributed by atoms with Crippen LogP contribution in [0, 0.1) is 6.92 Å². The summed E-state index contributed by atoms with van der Waals surface area (Å²) in [6, 6.07) is 18.4. The SMILES string of the molecule is CCN(CC)c1ccc(NC(=O)OC(CS(=O)(=O)c2ccc(Cl)cc2)c2ccc(OC)cc2)c(C)c1. The van der Waals surface area contributed by atoms with Crippen molar-refractivity contribution < 1.29 is 22.7 Å². The van der Waals surface area contributed by atoms with E-state index >= 15 is 0 Å². The van der Waals surface area contributed by atoms with Crippen LogP contribution in [0.5, 0.6) is 5.75 Å². The summed E-state index contributed by atoms with van der Waals surface area (Å²) in [5, 5.41) is 3.18. The number of carbonyl (C=O) groups is 1. The third kappa shape index (κ3) is 6.92. The molecule has 0 aliphatic heterocycles. The first-order chi connectivity index (χ1) is 17.2. The molecule has 3 rings (SSSR count). The molecule has 1 unspecified atom stereocenters. The molecule has 0 spiro atoms. The lowest BCUT2D eigenvalue weighted by Crippen LogP contribution is -2.24. The van der Waals surface area contributed by atoms with Crippen LogP contribution in [0.25, 0.3) is 0 Å². The van der Waals surface area contributed by atoms with Gasteiger partial charge < -0.3 is 14.4 Å². The average molecular weight is 531 g/mol. The second-order valence-electron chi connectivity index (χ2n) is 8.20. The highest BCUT2D eigenvalue weighted by atomic mass is 35.5. The summed E-state index contributed by atoms with van der Waals surface area (Å²) in [7, 11) is -2.25. The highest BCUT2D eigenvalue weighted by Crippen LogP contribution is 2.28. The van der Waals surface area contributed by atoms with E-state index in [1.807, 2.05) is 25.1 Å². The fourth-order valence-electron chi connectivity index (χ4n) is 3.80. The zero-order valence-electron chi connectivity index (χ0n) is 20.8. The summed E-state index contributed by atoms with van der Waals surface area (Å²) < 4.78 is 37.1. The number of hydrogen-bond acceptors (Lipinski definition) is 6. The summed E-state index contributed by atoms with van der Waals surface area (Å²) in [4.78, 5) is 15.2. The Kier molecular flexibility index (Phi) is 9.23. The van der Waals surface area contributed by atoms with Crippen LogP contribution >= 0.6 is 11.6 Å². The molecule has 3 aromatic carbocycles. The maximum atomic E-state index is 13.1. The molecule has 0 aliphatic carbocycles. The Morgan fingerprint density at radius 1 is 1.00 bits per heavy atom. The van der Waals surface area contributed by atoms with E-state index in [1.165, 1.54) is 31.4 Å². The number of benzene rings is 3. The molecule has 0 fully saturated rings. The molecule has 0 aliphatic rings. The Morgan fingerprint density at radius 3 is 2.19 bits per heavy atom. The van der Waals surface area contributed by atoms with E-state index in [-0.39, 0.29) is 4.90 Å². The maximum absolute atomic E-state index is 13.1. The number of aryl methyl sites for hydroxylation is 1. The first-order valence-corrected chi connectivity index (χ1v) is 13.6. The van der Waals surface area contributed by atoms with Crippen molar-refractivity contribution in [1.29, 1.82) is 0 Å². The lowest BCUT2D eigenvalue weighted by molar-refractivity contribution is 0.122. The van der Waals surface area contributed by atoms with Crippen molar-refractivity contribution >= 4 is 38.9 Å². The van der Waals surface area contributed by atoms with Crippen molar-refractivity contribution in [3.63, 3.8) is 0 Å². The number of hydrogen-bond donors (Lipinski definition) is 1. The van der Waals surface area contributed by atoms with E-state index in [1.54, 1.807) is 24.3 Å². The molecular formula is C27H31ClN2O5S. The number of ether oxygens (including phenoxy) is 2. The van der Waals surface area contributed by atoms with Crippen molar-refractivity contribution in [1.82, 2.24) is 0 Å². The summed E-state index contributed by atoms with van der Waals surface area (Å²) in [5.41, 5.74) is 3.04. The standard InChI is InChI=1S/C27H31ClN2O5S/c1-5-30(6-2)22-11-16-25(19(3)17-22)29-27(31)35-26(20-7-12-23(34-4)13-8-20)18-36(32,33)24-14-9-21(28)10-15-24/h7-17,26H,5-6,18H2,1-4H3,(H,29,31). The molecule has 0 saturated carbocycles. The molecule has 0 bridgehead atoms. The van der Waals surface area contributed by atoms with Crippen molar-refractivity contribution in [2.75, 3.05) is 36.2 Å². The molecule has 0 saturated heterocycles. The van der Waals surface area contributed by atoms with Gasteiger partial charge in [-0.05, 0) is 86.5 Å². The van der Waals surface area contributed by atoms with Crippen LogP contribution in [-0.2, 0) is 14.6 Å². The molecule has 1 N–H and O–H groups in total. The van der Waals surface area contributed by atoms with Crippen LogP contribution in [0.1, 0.15) is 31.1 Å². The quantitative estimate of drug-likeness (QED) is 0.332. The molecule has 9 heteroatoms. The molecular weight excluding hydrogens is 500 g/mol. The predicted octanol–water partition coefficient (Wildman–Crippen LogP) is 6.27. The lowest BCUT2D eigenvalue weighted by atomic mass is 10.1. The fraction of sp³-hybridized carbons (Fsp3) is 0.296. The fourth-order valence-corrected chi connectivity index (χ4v) is 5.32. The Balaban J connectivity index is 1.83. The number of sulfone groups is 1. The average Bonchev–Trinajstić information content (AvgIpc) is 2.86. The molecule has 1 atom stereocenters. The van der Waals surface area contributed by atoms with Crippen LogP contribution in [0.4, 0.5) is 16.2 Å². The van der Waals surface area contributed by atoms with E-state index in [0.29, 0.717) is 22.0 Å². The Bertz CT molecular complexity index is 1270.